The van der Waals surface area contributed by atoms with Crippen molar-refractivity contribution in [2.24, 2.45) is 0 Å². The molecule has 3 N–H and O–H groups in total. The molecule has 0 saturated heterocycles. The van der Waals surface area contributed by atoms with Crippen LogP contribution in [0, 0.1) is 5.82 Å². The van der Waals surface area contributed by atoms with Crippen LogP contribution >= 0.6 is 0 Å². The van der Waals surface area contributed by atoms with Crippen LogP contribution in [0.5, 0.6) is 0 Å². The lowest BCUT2D eigenvalue weighted by atomic mass is 10.2. The van der Waals surface area contributed by atoms with Crippen molar-refractivity contribution in [3.63, 3.8) is 0 Å². The summed E-state index contributed by atoms with van der Waals surface area (Å²) in [6, 6.07) is 11.1. The number of nitrogens with one attached hydrogen (secondary N) is 1. The molecule has 3 rings (SSSR count). The normalized spacial score (nSPS) is 13.1. The number of para-hydroxylation sites is 1. The average molecular weight is 299 g/mol. The number of carbonyl (C=O) groups excluding carboxylic acids is 2. The molecule has 2 aromatic carbocycles. The maximum absolute atomic E-state index is 13.0. The zero-order chi connectivity index (χ0) is 15.7. The molecule has 1 aliphatic rings. The van der Waals surface area contributed by atoms with Crippen LogP contribution < -0.4 is 16.0 Å². The molecule has 0 fully saturated rings. The number of nitrogen functional groups attached to an aromatic ring is 1. The molecular weight excluding hydrogens is 285 g/mol. The lowest BCUT2D eigenvalue weighted by Gasteiger charge is -2.17. The summed E-state index contributed by atoms with van der Waals surface area (Å²) in [4.78, 5) is 25.5. The van der Waals surface area contributed by atoms with Gasteiger partial charge in [-0.1, -0.05) is 18.2 Å². The van der Waals surface area contributed by atoms with Crippen molar-refractivity contribution in [1.29, 1.82) is 0 Å². The molecule has 0 radical (unpaired) electrons. The van der Waals surface area contributed by atoms with Crippen LogP contribution in [0.25, 0.3) is 0 Å². The number of nitrogens with two attached hydrogens (primary N) is 1. The van der Waals surface area contributed by atoms with Crippen molar-refractivity contribution < 1.29 is 14.0 Å². The van der Waals surface area contributed by atoms with Crippen LogP contribution in [-0.2, 0) is 16.0 Å². The molecule has 1 aliphatic heterocycles. The number of fused-ring (bicyclic) bond motifs is 1. The third-order valence-electron chi connectivity index (χ3n) is 3.51. The predicted octanol–water partition coefficient (Wildman–Crippen LogP) is 1.94. The molecule has 0 aliphatic carbocycles. The Balaban J connectivity index is 1.73. The standard InChI is InChI=1S/C16H14FN3O2/c17-11-5-6-13(12(18)8-11)19-15(21)9-20-14-4-2-1-3-10(14)7-16(20)22/h1-6,8H,7,9,18H2,(H,19,21). The molecule has 2 amide bonds. The number of hydrogen-bond donors (Lipinski definition) is 2. The van der Waals surface area contributed by atoms with Crippen molar-refractivity contribution in [3.05, 3.63) is 53.8 Å². The van der Waals surface area contributed by atoms with E-state index in [2.05, 4.69) is 5.32 Å². The van der Waals surface area contributed by atoms with Gasteiger partial charge in [0.05, 0.1) is 17.8 Å². The summed E-state index contributed by atoms with van der Waals surface area (Å²) in [6.45, 7) is -0.105. The molecule has 0 aromatic heterocycles. The Labute approximate surface area is 126 Å². The van der Waals surface area contributed by atoms with Crippen molar-refractivity contribution in [1.82, 2.24) is 0 Å². The number of halogens is 1. The highest BCUT2D eigenvalue weighted by molar-refractivity contribution is 6.07. The van der Waals surface area contributed by atoms with E-state index in [0.29, 0.717) is 12.1 Å². The summed E-state index contributed by atoms with van der Waals surface area (Å²) in [7, 11) is 0. The van der Waals surface area contributed by atoms with Crippen molar-refractivity contribution in [3.8, 4) is 0 Å². The second kappa shape index (κ2) is 5.48. The molecule has 6 heteroatoms. The first-order chi connectivity index (χ1) is 10.5. The molecular formula is C16H14FN3O2. The number of carbonyl (C=O) groups is 2. The summed E-state index contributed by atoms with van der Waals surface area (Å²) >= 11 is 0. The van der Waals surface area contributed by atoms with Crippen LogP contribution in [0.4, 0.5) is 21.5 Å². The zero-order valence-corrected chi connectivity index (χ0v) is 11.7. The van der Waals surface area contributed by atoms with Crippen LogP contribution in [-0.4, -0.2) is 18.4 Å². The number of benzene rings is 2. The quantitative estimate of drug-likeness (QED) is 0.850. The zero-order valence-electron chi connectivity index (χ0n) is 11.7. The van der Waals surface area contributed by atoms with Gasteiger partial charge in [0, 0.05) is 5.69 Å². The van der Waals surface area contributed by atoms with Crippen LogP contribution in [0.15, 0.2) is 42.5 Å². The van der Waals surface area contributed by atoms with E-state index in [1.54, 1.807) is 6.07 Å². The molecule has 5 nitrogen and oxygen atoms in total. The van der Waals surface area contributed by atoms with Gasteiger partial charge in [-0.3, -0.25) is 9.59 Å². The fraction of sp³-hybridized carbons (Fsp3) is 0.125. The number of anilines is 3. The largest absolute Gasteiger partial charge is 0.397 e. The van der Waals surface area contributed by atoms with Crippen LogP contribution in [0.1, 0.15) is 5.56 Å². The van der Waals surface area contributed by atoms with Gasteiger partial charge in [-0.2, -0.15) is 0 Å². The second-order valence-electron chi connectivity index (χ2n) is 5.07. The van der Waals surface area contributed by atoms with Gasteiger partial charge in [0.25, 0.3) is 0 Å². The summed E-state index contributed by atoms with van der Waals surface area (Å²) in [5.74, 6) is -0.981. The van der Waals surface area contributed by atoms with Gasteiger partial charge >= 0.3 is 0 Å². The van der Waals surface area contributed by atoms with Crippen molar-refractivity contribution in [2.45, 2.75) is 6.42 Å². The van der Waals surface area contributed by atoms with Gasteiger partial charge in [-0.05, 0) is 29.8 Å². The number of nitrogens with zero attached hydrogens (tertiary/aromatic N) is 1. The van der Waals surface area contributed by atoms with Crippen LogP contribution in [0.3, 0.4) is 0 Å². The van der Waals surface area contributed by atoms with E-state index in [1.807, 2.05) is 18.2 Å². The van der Waals surface area contributed by atoms with Gasteiger partial charge in [-0.25, -0.2) is 4.39 Å². The number of rotatable bonds is 3. The molecule has 0 bridgehead atoms. The van der Waals surface area contributed by atoms with E-state index in [1.165, 1.54) is 17.0 Å². The van der Waals surface area contributed by atoms with E-state index in [4.69, 9.17) is 5.73 Å². The van der Waals surface area contributed by atoms with Gasteiger partial charge in [0.2, 0.25) is 11.8 Å². The highest BCUT2D eigenvalue weighted by atomic mass is 19.1. The van der Waals surface area contributed by atoms with Crippen molar-refractivity contribution >= 4 is 28.9 Å². The van der Waals surface area contributed by atoms with Gasteiger partial charge in [0.15, 0.2) is 0 Å². The predicted molar refractivity (Wildman–Crippen MR) is 81.9 cm³/mol. The fourth-order valence-corrected chi connectivity index (χ4v) is 2.47. The smallest absolute Gasteiger partial charge is 0.244 e. The van der Waals surface area contributed by atoms with E-state index < -0.39 is 5.82 Å². The van der Waals surface area contributed by atoms with E-state index in [9.17, 15) is 14.0 Å². The van der Waals surface area contributed by atoms with Gasteiger partial charge < -0.3 is 16.0 Å². The average Bonchev–Trinajstić information content (AvgIpc) is 2.78. The van der Waals surface area contributed by atoms with Gasteiger partial charge in [-0.15, -0.1) is 0 Å². The maximum Gasteiger partial charge on any atom is 0.244 e. The highest BCUT2D eigenvalue weighted by Crippen LogP contribution is 2.28. The minimum absolute atomic E-state index is 0.105. The summed E-state index contributed by atoms with van der Waals surface area (Å²) in [6.07, 6.45) is 0.294. The Hall–Kier alpha value is -2.89. The Morgan fingerprint density at radius 2 is 2.05 bits per heavy atom. The third-order valence-corrected chi connectivity index (χ3v) is 3.51. The number of hydrogen-bond acceptors (Lipinski definition) is 3. The minimum Gasteiger partial charge on any atom is -0.397 e. The first kappa shape index (κ1) is 14.1. The number of amides is 2. The Morgan fingerprint density at radius 3 is 2.82 bits per heavy atom. The lowest BCUT2D eigenvalue weighted by molar-refractivity contribution is -0.120. The molecule has 0 atom stereocenters. The third kappa shape index (κ3) is 2.63. The molecule has 22 heavy (non-hydrogen) atoms. The molecule has 0 spiro atoms. The SMILES string of the molecule is Nc1cc(F)ccc1NC(=O)CN1C(=O)Cc2ccccc21. The van der Waals surface area contributed by atoms with E-state index in [-0.39, 0.29) is 24.0 Å². The topological polar surface area (TPSA) is 75.4 Å². The first-order valence-corrected chi connectivity index (χ1v) is 6.78. The molecule has 0 unspecified atom stereocenters. The van der Waals surface area contributed by atoms with Crippen molar-refractivity contribution in [2.75, 3.05) is 22.5 Å². The molecule has 0 saturated carbocycles. The second-order valence-corrected chi connectivity index (χ2v) is 5.07. The summed E-state index contributed by atoms with van der Waals surface area (Å²) in [5.41, 5.74) is 7.76. The van der Waals surface area contributed by atoms with Gasteiger partial charge in [0.1, 0.15) is 12.4 Å². The van der Waals surface area contributed by atoms with E-state index >= 15 is 0 Å². The first-order valence-electron chi connectivity index (χ1n) is 6.78. The Kier molecular flexibility index (Phi) is 3.50. The summed E-state index contributed by atoms with van der Waals surface area (Å²) in [5, 5.41) is 2.59. The monoisotopic (exact) mass is 299 g/mol. The minimum atomic E-state index is -0.473. The summed E-state index contributed by atoms with van der Waals surface area (Å²) < 4.78 is 13.0. The molecule has 112 valence electrons. The van der Waals surface area contributed by atoms with Crippen LogP contribution in [0.2, 0.25) is 0 Å². The highest BCUT2D eigenvalue weighted by Gasteiger charge is 2.28. The Bertz CT molecular complexity index is 761. The fourth-order valence-electron chi connectivity index (χ4n) is 2.47. The molecule has 2 aromatic rings. The maximum atomic E-state index is 13.0. The lowest BCUT2D eigenvalue weighted by Crippen LogP contribution is -2.35. The van der Waals surface area contributed by atoms with E-state index in [0.717, 1.165) is 17.3 Å². The Morgan fingerprint density at radius 1 is 1.27 bits per heavy atom. The molecule has 1 heterocycles.